The highest BCUT2D eigenvalue weighted by molar-refractivity contribution is 7.85. The van der Waals surface area contributed by atoms with Gasteiger partial charge < -0.3 is 0 Å². The molecule has 0 spiro atoms. The first-order valence-electron chi connectivity index (χ1n) is 10.5. The molecule has 0 saturated carbocycles. The lowest BCUT2D eigenvalue weighted by molar-refractivity contribution is -0.140. The maximum absolute atomic E-state index is 12.2. The van der Waals surface area contributed by atoms with E-state index < -0.39 is 49.2 Å². The molecular weight excluding hydrogens is 473 g/mol. The van der Waals surface area contributed by atoms with Crippen molar-refractivity contribution in [2.45, 2.75) is 75.0 Å². The number of azo groups is 1. The Morgan fingerprint density at radius 2 is 1.32 bits per heavy atom. The van der Waals surface area contributed by atoms with Crippen molar-refractivity contribution in [3.05, 3.63) is 29.8 Å². The third kappa shape index (κ3) is 6.06. The van der Waals surface area contributed by atoms with E-state index in [0.29, 0.717) is 12.1 Å². The number of halogens is 3. The van der Waals surface area contributed by atoms with Gasteiger partial charge in [0.25, 0.3) is 10.1 Å². The number of hydrogen-bond acceptors (Lipinski definition) is 8. The van der Waals surface area contributed by atoms with Gasteiger partial charge in [-0.15, -0.1) is 0 Å². The summed E-state index contributed by atoms with van der Waals surface area (Å²) in [4.78, 5) is 7.91. The summed E-state index contributed by atoms with van der Waals surface area (Å²) in [7, 11) is -4.84. The molecule has 34 heavy (non-hydrogen) atoms. The van der Waals surface area contributed by atoms with Crippen LogP contribution in [0.2, 0.25) is 0 Å². The van der Waals surface area contributed by atoms with Gasteiger partial charge >= 0.3 is 6.18 Å². The zero-order chi connectivity index (χ0) is 26.1. The Hall–Kier alpha value is -2.22. The molecule has 0 bridgehead atoms. The van der Waals surface area contributed by atoms with Gasteiger partial charge in [-0.25, -0.2) is 0 Å². The highest BCUT2D eigenvalue weighted by Crippen LogP contribution is 2.35. The first-order chi connectivity index (χ1) is 15.3. The second kappa shape index (κ2) is 9.44. The second-order valence-electron chi connectivity index (χ2n) is 9.32. The molecule has 2 aliphatic rings. The van der Waals surface area contributed by atoms with Crippen molar-refractivity contribution in [3.8, 4) is 0 Å². The summed E-state index contributed by atoms with van der Waals surface area (Å²) in [5.74, 6) is 0. The van der Waals surface area contributed by atoms with E-state index in [2.05, 4.69) is 72.4 Å². The molecule has 2 unspecified atom stereocenters. The molecule has 0 aliphatic carbocycles. The normalized spacial score (nSPS) is 25.6. The topological polar surface area (TPSA) is 128 Å². The van der Waals surface area contributed by atoms with Gasteiger partial charge in [-0.2, -0.15) is 31.8 Å². The Bertz CT molecular complexity index is 1040. The minimum atomic E-state index is -4.84. The summed E-state index contributed by atoms with van der Waals surface area (Å²) in [5, 5.41) is 15.9. The first-order valence-corrected chi connectivity index (χ1v) is 11.9. The van der Waals surface area contributed by atoms with E-state index in [1.165, 1.54) is 0 Å². The molecule has 0 fully saturated rings. The predicted molar refractivity (Wildman–Crippen MR) is 124 cm³/mol. The Morgan fingerprint density at radius 1 is 0.912 bits per heavy atom. The average molecular weight is 505 g/mol. The Labute approximate surface area is 197 Å². The fourth-order valence-corrected chi connectivity index (χ4v) is 3.87. The SMILES string of the molecule is CC(C)(N=NC(C)(C)C1(C)N=CCN1)C1(C)N=CCN1.O=S(=O)(O)c1ccccc1C(F)(F)F. The van der Waals surface area contributed by atoms with Crippen molar-refractivity contribution in [2.24, 2.45) is 20.2 Å². The van der Waals surface area contributed by atoms with E-state index in [-0.39, 0.29) is 0 Å². The van der Waals surface area contributed by atoms with E-state index >= 15 is 0 Å². The number of aliphatic imine (C=N–C) groups is 2. The van der Waals surface area contributed by atoms with E-state index in [1.54, 1.807) is 0 Å². The number of nitrogens with one attached hydrogen (secondary N) is 2. The van der Waals surface area contributed by atoms with E-state index in [4.69, 9.17) is 4.55 Å². The van der Waals surface area contributed by atoms with E-state index in [0.717, 1.165) is 25.2 Å². The minimum Gasteiger partial charge on any atom is -0.286 e. The number of benzene rings is 1. The Morgan fingerprint density at radius 3 is 1.62 bits per heavy atom. The minimum absolute atomic E-state index is 0.403. The summed E-state index contributed by atoms with van der Waals surface area (Å²) >= 11 is 0. The van der Waals surface area contributed by atoms with Gasteiger partial charge in [0, 0.05) is 25.5 Å². The van der Waals surface area contributed by atoms with Crippen LogP contribution in [-0.2, 0) is 16.3 Å². The largest absolute Gasteiger partial charge is 0.417 e. The first kappa shape index (κ1) is 28.0. The zero-order valence-corrected chi connectivity index (χ0v) is 20.8. The van der Waals surface area contributed by atoms with Crippen molar-refractivity contribution in [3.63, 3.8) is 0 Å². The summed E-state index contributed by atoms with van der Waals surface area (Å²) in [6.45, 7) is 13.9. The maximum Gasteiger partial charge on any atom is 0.417 e. The molecule has 9 nitrogen and oxygen atoms in total. The van der Waals surface area contributed by atoms with Gasteiger partial charge in [-0.05, 0) is 53.7 Å². The quantitative estimate of drug-likeness (QED) is 0.416. The van der Waals surface area contributed by atoms with Gasteiger partial charge in [-0.3, -0.25) is 25.2 Å². The second-order valence-corrected chi connectivity index (χ2v) is 10.7. The van der Waals surface area contributed by atoms with Gasteiger partial charge in [0.2, 0.25) is 0 Å². The van der Waals surface area contributed by atoms with Crippen molar-refractivity contribution in [1.82, 2.24) is 10.6 Å². The van der Waals surface area contributed by atoms with Crippen LogP contribution in [0, 0.1) is 0 Å². The van der Waals surface area contributed by atoms with Crippen LogP contribution in [0.5, 0.6) is 0 Å². The molecule has 190 valence electrons. The number of alkyl halides is 3. The molecule has 3 rings (SSSR count). The fraction of sp³-hybridized carbons (Fsp3) is 0.619. The van der Waals surface area contributed by atoms with Gasteiger partial charge in [0.1, 0.15) is 27.3 Å². The molecular formula is C21H31F3N6O3S. The van der Waals surface area contributed by atoms with Crippen LogP contribution in [0.3, 0.4) is 0 Å². The van der Waals surface area contributed by atoms with Crippen molar-refractivity contribution >= 4 is 22.5 Å². The number of hydrogen-bond donors (Lipinski definition) is 3. The van der Waals surface area contributed by atoms with Gasteiger partial charge in [0.05, 0.1) is 5.56 Å². The summed E-state index contributed by atoms with van der Waals surface area (Å²) in [6.07, 6.45) is -1.01. The molecule has 0 radical (unpaired) electrons. The molecule has 0 aromatic heterocycles. The Balaban J connectivity index is 0.000000257. The highest BCUT2D eigenvalue weighted by atomic mass is 32.2. The van der Waals surface area contributed by atoms with Crippen LogP contribution >= 0.6 is 0 Å². The van der Waals surface area contributed by atoms with Crippen molar-refractivity contribution in [2.75, 3.05) is 13.1 Å². The molecule has 0 amide bonds. The molecule has 3 N–H and O–H groups in total. The van der Waals surface area contributed by atoms with E-state index in [9.17, 15) is 21.6 Å². The molecule has 2 atom stereocenters. The smallest absolute Gasteiger partial charge is 0.286 e. The molecule has 1 aromatic rings. The monoisotopic (exact) mass is 504 g/mol. The molecule has 2 heterocycles. The predicted octanol–water partition coefficient (Wildman–Crippen LogP) is 3.73. The lowest BCUT2D eigenvalue weighted by Gasteiger charge is -2.38. The number of rotatable bonds is 5. The molecule has 0 saturated heterocycles. The third-order valence-corrected chi connectivity index (χ3v) is 7.09. The fourth-order valence-electron chi connectivity index (χ4n) is 3.16. The maximum atomic E-state index is 12.2. The van der Waals surface area contributed by atoms with Gasteiger partial charge in [-0.1, -0.05) is 12.1 Å². The van der Waals surface area contributed by atoms with Crippen LogP contribution in [0.15, 0.2) is 49.4 Å². The Kier molecular flexibility index (Phi) is 7.78. The van der Waals surface area contributed by atoms with Crippen LogP contribution < -0.4 is 10.6 Å². The van der Waals surface area contributed by atoms with Crippen LogP contribution in [0.1, 0.15) is 47.1 Å². The van der Waals surface area contributed by atoms with Crippen molar-refractivity contribution < 1.29 is 26.1 Å². The van der Waals surface area contributed by atoms with Crippen LogP contribution in [0.25, 0.3) is 0 Å². The van der Waals surface area contributed by atoms with E-state index in [1.807, 2.05) is 12.4 Å². The third-order valence-electron chi connectivity index (χ3n) is 6.18. The van der Waals surface area contributed by atoms with Crippen LogP contribution in [-0.4, -0.2) is 60.9 Å². The summed E-state index contributed by atoms with van der Waals surface area (Å²) in [6, 6.07) is 3.41. The number of nitrogens with zero attached hydrogens (tertiary/aromatic N) is 4. The van der Waals surface area contributed by atoms with Crippen LogP contribution in [0.4, 0.5) is 13.2 Å². The summed E-state index contributed by atoms with van der Waals surface area (Å²) in [5.41, 5.74) is -3.02. The van der Waals surface area contributed by atoms with Crippen molar-refractivity contribution in [1.29, 1.82) is 0 Å². The lowest BCUT2D eigenvalue weighted by Crippen LogP contribution is -2.55. The molecule has 2 aliphatic heterocycles. The average Bonchev–Trinajstić information content (AvgIpc) is 3.37. The summed E-state index contributed by atoms with van der Waals surface area (Å²) < 4.78 is 66.2. The molecule has 1 aromatic carbocycles. The standard InChI is InChI=1S/C14H26N6.C7H5F3O3S/c1-11(2,13(5)15-7-8-16-13)19-20-12(3,4)14(6)17-9-10-18-14;8-7(9,10)5-3-1-2-4-6(5)14(11,12)13/h7,9,16,18H,8,10H2,1-6H3;1-4H,(H,11,12,13). The highest BCUT2D eigenvalue weighted by Gasteiger charge is 2.46. The lowest BCUT2D eigenvalue weighted by atomic mass is 9.89. The van der Waals surface area contributed by atoms with Gasteiger partial charge in [0.15, 0.2) is 0 Å². The molecule has 13 heteroatoms. The zero-order valence-electron chi connectivity index (χ0n) is 20.0.